The van der Waals surface area contributed by atoms with Gasteiger partial charge >= 0.3 is 5.51 Å². The Morgan fingerprint density at radius 1 is 1.18 bits per heavy atom. The van der Waals surface area contributed by atoms with Crippen LogP contribution in [0, 0.1) is 0 Å². The van der Waals surface area contributed by atoms with Crippen LogP contribution in [-0.4, -0.2) is 15.6 Å². The Bertz CT molecular complexity index is 652. The molecular formula is C14H12F3NO2S2. The molecule has 1 aromatic carbocycles. The van der Waals surface area contributed by atoms with Gasteiger partial charge in [-0.15, -0.1) is 11.3 Å². The Morgan fingerprint density at radius 2 is 1.86 bits per heavy atom. The fourth-order valence-electron chi connectivity index (χ4n) is 1.71. The minimum atomic E-state index is -4.79. The van der Waals surface area contributed by atoms with Crippen LogP contribution >= 0.6 is 11.3 Å². The smallest absolute Gasteiger partial charge is 0.326 e. The van der Waals surface area contributed by atoms with E-state index in [1.165, 1.54) is 12.1 Å². The summed E-state index contributed by atoms with van der Waals surface area (Å²) < 4.78 is 48.1. The fraction of sp³-hybridized carbons (Fsp3) is 0.214. The van der Waals surface area contributed by atoms with Crippen LogP contribution in [0.25, 0.3) is 0 Å². The molecule has 0 aliphatic heterocycles. The third-order valence-electron chi connectivity index (χ3n) is 2.74. The Morgan fingerprint density at radius 3 is 2.41 bits per heavy atom. The quantitative estimate of drug-likeness (QED) is 0.890. The minimum Gasteiger partial charge on any atom is -0.326 e. The van der Waals surface area contributed by atoms with E-state index in [0.29, 0.717) is 12.1 Å². The first-order chi connectivity index (χ1) is 10.4. The molecule has 2 aromatic rings. The van der Waals surface area contributed by atoms with Crippen molar-refractivity contribution in [2.24, 2.45) is 0 Å². The van der Waals surface area contributed by atoms with Gasteiger partial charge in [-0.1, -0.05) is 6.07 Å². The lowest BCUT2D eigenvalue weighted by molar-refractivity contribution is -0.116. The molecule has 2 rings (SSSR count). The van der Waals surface area contributed by atoms with Gasteiger partial charge in [0.05, 0.1) is 0 Å². The molecule has 0 aliphatic rings. The van der Waals surface area contributed by atoms with Crippen LogP contribution in [0.15, 0.2) is 46.7 Å². The van der Waals surface area contributed by atoms with Gasteiger partial charge in [0, 0.05) is 21.9 Å². The molecule has 0 spiro atoms. The molecule has 3 nitrogen and oxygen atoms in total. The third kappa shape index (κ3) is 4.67. The summed E-state index contributed by atoms with van der Waals surface area (Å²) in [5.41, 5.74) is -4.41. The first kappa shape index (κ1) is 16.7. The summed E-state index contributed by atoms with van der Waals surface area (Å²) in [6, 6.07) is 8.64. The molecule has 1 heterocycles. The van der Waals surface area contributed by atoms with Gasteiger partial charge in [-0.2, -0.15) is 13.2 Å². The van der Waals surface area contributed by atoms with Crippen molar-refractivity contribution >= 4 is 33.7 Å². The van der Waals surface area contributed by atoms with Crippen LogP contribution in [0.5, 0.6) is 0 Å². The van der Waals surface area contributed by atoms with E-state index < -0.39 is 16.3 Å². The lowest BCUT2D eigenvalue weighted by Gasteiger charge is -2.08. The first-order valence-corrected chi connectivity index (χ1v) is 8.30. The highest BCUT2D eigenvalue weighted by Gasteiger charge is 2.37. The van der Waals surface area contributed by atoms with Crippen LogP contribution in [0.3, 0.4) is 0 Å². The zero-order valence-corrected chi connectivity index (χ0v) is 12.9. The molecule has 1 aromatic heterocycles. The molecule has 1 amide bonds. The number of hydrogen-bond donors (Lipinski definition) is 1. The van der Waals surface area contributed by atoms with Gasteiger partial charge in [0.15, 0.2) is 10.8 Å². The molecule has 22 heavy (non-hydrogen) atoms. The van der Waals surface area contributed by atoms with Crippen molar-refractivity contribution in [3.05, 3.63) is 46.7 Å². The number of carbonyl (C=O) groups excluding carboxylic acids is 1. The van der Waals surface area contributed by atoms with Crippen molar-refractivity contribution in [2.75, 3.05) is 5.32 Å². The molecule has 0 saturated heterocycles. The lowest BCUT2D eigenvalue weighted by atomic mass is 10.2. The van der Waals surface area contributed by atoms with Gasteiger partial charge in [0.1, 0.15) is 0 Å². The summed E-state index contributed by atoms with van der Waals surface area (Å²) in [6.07, 6.45) is 0.899. The summed E-state index contributed by atoms with van der Waals surface area (Å²) in [5.74, 6) is -0.224. The van der Waals surface area contributed by atoms with Gasteiger partial charge in [-0.25, -0.2) is 4.21 Å². The van der Waals surface area contributed by atoms with Crippen molar-refractivity contribution in [3.8, 4) is 0 Å². The highest BCUT2D eigenvalue weighted by atomic mass is 32.2. The molecule has 1 N–H and O–H groups in total. The van der Waals surface area contributed by atoms with E-state index in [0.717, 1.165) is 17.0 Å². The zero-order valence-electron chi connectivity index (χ0n) is 11.2. The summed E-state index contributed by atoms with van der Waals surface area (Å²) in [7, 11) is -3.06. The molecule has 0 aliphatic carbocycles. The number of amides is 1. The summed E-state index contributed by atoms with van der Waals surface area (Å²) >= 11 is 1.56. The largest absolute Gasteiger partial charge is 0.475 e. The van der Waals surface area contributed by atoms with Crippen LogP contribution in [0.1, 0.15) is 11.3 Å². The maximum absolute atomic E-state index is 12.3. The van der Waals surface area contributed by atoms with Gasteiger partial charge < -0.3 is 5.32 Å². The number of halogens is 3. The monoisotopic (exact) mass is 347 g/mol. The van der Waals surface area contributed by atoms with Crippen molar-refractivity contribution < 1.29 is 22.2 Å². The van der Waals surface area contributed by atoms with Crippen LogP contribution < -0.4 is 5.32 Å². The van der Waals surface area contributed by atoms with Gasteiger partial charge in [0.2, 0.25) is 5.91 Å². The molecule has 0 saturated carbocycles. The highest BCUT2D eigenvalue weighted by molar-refractivity contribution is 7.86. The van der Waals surface area contributed by atoms with Crippen molar-refractivity contribution in [3.63, 3.8) is 0 Å². The van der Waals surface area contributed by atoms with Crippen molar-refractivity contribution in [2.45, 2.75) is 23.2 Å². The summed E-state index contributed by atoms with van der Waals surface area (Å²) in [4.78, 5) is 12.5. The van der Waals surface area contributed by atoms with E-state index in [9.17, 15) is 22.2 Å². The summed E-state index contributed by atoms with van der Waals surface area (Å²) in [5, 5.41) is 4.52. The van der Waals surface area contributed by atoms with Crippen LogP contribution in [-0.2, 0) is 22.0 Å². The third-order valence-corrected chi connectivity index (χ3v) is 4.80. The maximum atomic E-state index is 12.3. The second-order valence-corrected chi connectivity index (χ2v) is 6.87. The number of aryl methyl sites for hydroxylation is 1. The maximum Gasteiger partial charge on any atom is 0.475 e. The number of carbonyl (C=O) groups is 1. The molecule has 0 fully saturated rings. The average molecular weight is 347 g/mol. The number of thiophene rings is 1. The molecule has 0 bridgehead atoms. The van der Waals surface area contributed by atoms with Crippen LogP contribution in [0.2, 0.25) is 0 Å². The number of anilines is 1. The zero-order chi connectivity index (χ0) is 16.2. The van der Waals surface area contributed by atoms with Crippen molar-refractivity contribution in [1.82, 2.24) is 0 Å². The number of nitrogens with one attached hydrogen (secondary N) is 1. The average Bonchev–Trinajstić information content (AvgIpc) is 2.97. The highest BCUT2D eigenvalue weighted by Crippen LogP contribution is 2.26. The second kappa shape index (κ2) is 7.06. The Hall–Kier alpha value is -1.67. The van der Waals surface area contributed by atoms with Crippen molar-refractivity contribution in [1.29, 1.82) is 0 Å². The SMILES string of the molecule is O=C(CCc1cccs1)Nc1ccc([S@](=O)C(F)(F)F)cc1. The predicted octanol–water partition coefficient (Wildman–Crippen LogP) is 3.95. The number of benzene rings is 1. The summed E-state index contributed by atoms with van der Waals surface area (Å²) in [6.45, 7) is 0. The van der Waals surface area contributed by atoms with Gasteiger partial charge in [-0.3, -0.25) is 4.79 Å². The number of rotatable bonds is 5. The fourth-order valence-corrected chi connectivity index (χ4v) is 3.07. The standard InChI is InChI=1S/C14H12F3NO2S2/c15-14(16,17)22(20)12-6-3-10(4-7-12)18-13(19)8-5-11-2-1-9-21-11/h1-4,6-7,9H,5,8H2,(H,18,19)/t22-/m0/s1. The molecule has 1 atom stereocenters. The van der Waals surface area contributed by atoms with E-state index in [4.69, 9.17) is 0 Å². The van der Waals surface area contributed by atoms with E-state index in [-0.39, 0.29) is 17.2 Å². The van der Waals surface area contributed by atoms with E-state index >= 15 is 0 Å². The molecule has 8 heteroatoms. The molecule has 0 unspecified atom stereocenters. The Labute approximate surface area is 131 Å². The Balaban J connectivity index is 1.91. The van der Waals surface area contributed by atoms with Gasteiger partial charge in [0.25, 0.3) is 0 Å². The number of alkyl halides is 3. The van der Waals surface area contributed by atoms with E-state index in [1.54, 1.807) is 11.3 Å². The minimum absolute atomic E-state index is 0.224. The Kier molecular flexibility index (Phi) is 5.36. The second-order valence-electron chi connectivity index (χ2n) is 4.37. The molecule has 0 radical (unpaired) electrons. The van der Waals surface area contributed by atoms with E-state index in [1.807, 2.05) is 17.5 Å². The predicted molar refractivity (Wildman–Crippen MR) is 80.2 cm³/mol. The number of hydrogen-bond acceptors (Lipinski definition) is 3. The van der Waals surface area contributed by atoms with Crippen LogP contribution in [0.4, 0.5) is 18.9 Å². The first-order valence-electron chi connectivity index (χ1n) is 6.27. The lowest BCUT2D eigenvalue weighted by Crippen LogP contribution is -2.16. The molecule has 118 valence electrons. The van der Waals surface area contributed by atoms with E-state index in [2.05, 4.69) is 5.32 Å². The molecular weight excluding hydrogens is 335 g/mol. The normalized spacial score (nSPS) is 12.9. The van der Waals surface area contributed by atoms with Gasteiger partial charge in [-0.05, 0) is 42.1 Å². The topological polar surface area (TPSA) is 46.2 Å².